The molecule has 0 radical (unpaired) electrons. The molecule has 0 saturated carbocycles. The van der Waals surface area contributed by atoms with Gasteiger partial charge in [-0.05, 0) is 24.3 Å². The predicted octanol–water partition coefficient (Wildman–Crippen LogP) is 1.66. The van der Waals surface area contributed by atoms with E-state index in [1.54, 1.807) is 0 Å². The molecule has 12 heteroatoms. The summed E-state index contributed by atoms with van der Waals surface area (Å²) in [5.74, 6) is -0.344. The van der Waals surface area contributed by atoms with Crippen LogP contribution in [-0.2, 0) is 20.1 Å². The van der Waals surface area contributed by atoms with Gasteiger partial charge in [0.15, 0.2) is 5.75 Å². The molecule has 0 heterocycles. The van der Waals surface area contributed by atoms with Gasteiger partial charge in [-0.1, -0.05) is 17.7 Å². The van der Waals surface area contributed by atoms with Gasteiger partial charge in [-0.2, -0.15) is 8.42 Å². The molecule has 24 heavy (non-hydrogen) atoms. The summed E-state index contributed by atoms with van der Waals surface area (Å²) >= 11 is 5.76. The Morgan fingerprint density at radius 2 is 1.67 bits per heavy atom. The Labute approximate surface area is 141 Å². The van der Waals surface area contributed by atoms with E-state index in [4.69, 9.17) is 20.9 Å². The second-order valence-electron chi connectivity index (χ2n) is 4.43. The maximum Gasteiger partial charge on any atom is 0.339 e. The first-order chi connectivity index (χ1) is 11.0. The lowest BCUT2D eigenvalue weighted by Gasteiger charge is -2.09. The minimum absolute atomic E-state index is 0.296. The monoisotopic (exact) mass is 392 g/mol. The number of hydrogen-bond donors (Lipinski definition) is 1. The van der Waals surface area contributed by atoms with Gasteiger partial charge in [-0.3, -0.25) is 10.1 Å². The van der Waals surface area contributed by atoms with Crippen molar-refractivity contribution in [1.82, 2.24) is 0 Å². The Hall–Kier alpha value is -2.21. The highest BCUT2D eigenvalue weighted by molar-refractivity contribution is 7.89. The largest absolute Gasteiger partial charge is 0.377 e. The molecule has 0 atom stereocenters. The number of primary sulfonamides is 1. The lowest BCUT2D eigenvalue weighted by molar-refractivity contribution is -0.384. The molecule has 0 spiro atoms. The smallest absolute Gasteiger partial charge is 0.339 e. The van der Waals surface area contributed by atoms with Crippen molar-refractivity contribution in [2.45, 2.75) is 9.79 Å². The van der Waals surface area contributed by atoms with Crippen LogP contribution in [0.4, 0.5) is 5.69 Å². The summed E-state index contributed by atoms with van der Waals surface area (Å²) < 4.78 is 51.8. The molecule has 0 bridgehead atoms. The van der Waals surface area contributed by atoms with E-state index in [-0.39, 0.29) is 16.5 Å². The lowest BCUT2D eigenvalue weighted by atomic mass is 10.3. The van der Waals surface area contributed by atoms with Crippen molar-refractivity contribution in [3.05, 3.63) is 57.6 Å². The molecule has 0 aliphatic carbocycles. The van der Waals surface area contributed by atoms with Crippen molar-refractivity contribution in [3.63, 3.8) is 0 Å². The van der Waals surface area contributed by atoms with Gasteiger partial charge in [-0.25, -0.2) is 13.6 Å². The number of benzene rings is 2. The maximum absolute atomic E-state index is 12.2. The van der Waals surface area contributed by atoms with Crippen LogP contribution in [0, 0.1) is 10.1 Å². The summed E-state index contributed by atoms with van der Waals surface area (Å²) in [6.45, 7) is 0. The van der Waals surface area contributed by atoms with Crippen LogP contribution in [0.25, 0.3) is 0 Å². The second-order valence-corrected chi connectivity index (χ2v) is 7.94. The van der Waals surface area contributed by atoms with Crippen LogP contribution >= 0.6 is 11.6 Å². The molecule has 9 nitrogen and oxygen atoms in total. The fourth-order valence-corrected chi connectivity index (χ4v) is 3.53. The van der Waals surface area contributed by atoms with Crippen molar-refractivity contribution in [2.24, 2.45) is 5.14 Å². The number of nitrogens with zero attached hydrogens (tertiary/aromatic N) is 1. The number of nitro benzene ring substituents is 1. The van der Waals surface area contributed by atoms with Crippen molar-refractivity contribution in [1.29, 1.82) is 0 Å². The number of non-ortho nitro benzene ring substituents is 1. The summed E-state index contributed by atoms with van der Waals surface area (Å²) in [4.78, 5) is 9.03. The van der Waals surface area contributed by atoms with Crippen molar-refractivity contribution in [3.8, 4) is 5.75 Å². The summed E-state index contributed by atoms with van der Waals surface area (Å²) in [6.07, 6.45) is 0. The molecule has 0 aromatic heterocycles. The minimum Gasteiger partial charge on any atom is -0.377 e. The van der Waals surface area contributed by atoms with Gasteiger partial charge in [0, 0.05) is 12.1 Å². The number of nitrogens with two attached hydrogens (primary N) is 1. The third-order valence-electron chi connectivity index (χ3n) is 2.75. The van der Waals surface area contributed by atoms with Crippen LogP contribution in [0.3, 0.4) is 0 Å². The van der Waals surface area contributed by atoms with E-state index in [0.717, 1.165) is 36.4 Å². The third kappa shape index (κ3) is 4.00. The third-order valence-corrected chi connectivity index (χ3v) is 5.19. The number of halogens is 1. The molecule has 0 amide bonds. The van der Waals surface area contributed by atoms with Gasteiger partial charge in [0.25, 0.3) is 5.69 Å². The zero-order valence-corrected chi connectivity index (χ0v) is 14.0. The van der Waals surface area contributed by atoms with Gasteiger partial charge in [0.1, 0.15) is 4.90 Å². The Morgan fingerprint density at radius 1 is 1.04 bits per heavy atom. The van der Waals surface area contributed by atoms with E-state index in [2.05, 4.69) is 0 Å². The van der Waals surface area contributed by atoms with Gasteiger partial charge >= 0.3 is 10.1 Å². The fraction of sp³-hybridized carbons (Fsp3) is 0. The highest BCUT2D eigenvalue weighted by Crippen LogP contribution is 2.31. The van der Waals surface area contributed by atoms with Gasteiger partial charge in [-0.15, -0.1) is 0 Å². The van der Waals surface area contributed by atoms with Crippen LogP contribution in [0.5, 0.6) is 5.75 Å². The highest BCUT2D eigenvalue weighted by atomic mass is 35.5. The van der Waals surface area contributed by atoms with E-state index in [0.29, 0.717) is 0 Å². The minimum atomic E-state index is -4.43. The molecule has 2 rings (SSSR count). The van der Waals surface area contributed by atoms with Crippen LogP contribution < -0.4 is 9.32 Å². The molecule has 0 aliphatic rings. The molecular weight excluding hydrogens is 384 g/mol. The molecule has 2 N–H and O–H groups in total. The average Bonchev–Trinajstić information content (AvgIpc) is 2.48. The van der Waals surface area contributed by atoms with Crippen LogP contribution in [0.1, 0.15) is 0 Å². The molecule has 0 fully saturated rings. The van der Waals surface area contributed by atoms with Crippen LogP contribution in [-0.4, -0.2) is 21.8 Å². The summed E-state index contributed by atoms with van der Waals surface area (Å²) in [6, 6.07) is 7.17. The van der Waals surface area contributed by atoms with Crippen molar-refractivity contribution >= 4 is 37.4 Å². The first-order valence-electron chi connectivity index (χ1n) is 6.02. The Balaban J connectivity index is 2.41. The molecule has 128 valence electrons. The van der Waals surface area contributed by atoms with E-state index in [1.165, 1.54) is 6.07 Å². The molecule has 2 aromatic rings. The van der Waals surface area contributed by atoms with Crippen molar-refractivity contribution < 1.29 is 25.9 Å². The molecular formula is C12H9ClN2O7S2. The number of rotatable bonds is 5. The number of nitro groups is 1. The lowest BCUT2D eigenvalue weighted by Crippen LogP contribution is -2.14. The maximum atomic E-state index is 12.2. The van der Waals surface area contributed by atoms with Crippen molar-refractivity contribution in [2.75, 3.05) is 0 Å². The second kappa shape index (κ2) is 6.36. The van der Waals surface area contributed by atoms with Gasteiger partial charge < -0.3 is 4.18 Å². The first-order valence-corrected chi connectivity index (χ1v) is 9.35. The first kappa shape index (κ1) is 18.1. The number of hydrogen-bond acceptors (Lipinski definition) is 7. The van der Waals surface area contributed by atoms with E-state index >= 15 is 0 Å². The molecule has 0 unspecified atom stereocenters. The SMILES string of the molecule is NS(=O)(=O)c1cccc(S(=O)(=O)Oc2ccc([N+](=O)[O-])cc2Cl)c1. The Kier molecular flexibility index (Phi) is 4.80. The topological polar surface area (TPSA) is 147 Å². The molecule has 2 aromatic carbocycles. The van der Waals surface area contributed by atoms with Gasteiger partial charge in [0.2, 0.25) is 10.0 Å². The number of sulfonamides is 1. The summed E-state index contributed by atoms with van der Waals surface area (Å²) in [7, 11) is -8.53. The van der Waals surface area contributed by atoms with E-state index in [9.17, 15) is 26.9 Å². The van der Waals surface area contributed by atoms with E-state index in [1.807, 2.05) is 0 Å². The summed E-state index contributed by atoms with van der Waals surface area (Å²) in [5.41, 5.74) is -0.346. The molecule has 0 saturated heterocycles. The predicted molar refractivity (Wildman–Crippen MR) is 83.7 cm³/mol. The normalized spacial score (nSPS) is 11.9. The van der Waals surface area contributed by atoms with Crippen LogP contribution in [0.2, 0.25) is 5.02 Å². The van der Waals surface area contributed by atoms with Crippen LogP contribution in [0.15, 0.2) is 52.3 Å². The standard InChI is InChI=1S/C12H9ClN2O7S2/c13-11-6-8(15(16)17)4-5-12(11)22-24(20,21)10-3-1-2-9(7-10)23(14,18)19/h1-7H,(H2,14,18,19). The Morgan fingerprint density at radius 3 is 2.21 bits per heavy atom. The quantitative estimate of drug-likeness (QED) is 0.462. The molecule has 0 aliphatic heterocycles. The zero-order chi connectivity index (χ0) is 18.1. The average molecular weight is 393 g/mol. The Bertz CT molecular complexity index is 1020. The van der Waals surface area contributed by atoms with E-state index < -0.39 is 34.9 Å². The fourth-order valence-electron chi connectivity index (χ4n) is 1.64. The zero-order valence-electron chi connectivity index (χ0n) is 11.6. The van der Waals surface area contributed by atoms with Gasteiger partial charge in [0.05, 0.1) is 14.8 Å². The highest BCUT2D eigenvalue weighted by Gasteiger charge is 2.21. The summed E-state index contributed by atoms with van der Waals surface area (Å²) in [5, 5.41) is 15.3.